The van der Waals surface area contributed by atoms with Crippen LogP contribution in [0.1, 0.15) is 18.1 Å². The van der Waals surface area contributed by atoms with Gasteiger partial charge in [-0.3, -0.25) is 4.79 Å². The van der Waals surface area contributed by atoms with Crippen LogP contribution >= 0.6 is 11.6 Å². The summed E-state index contributed by atoms with van der Waals surface area (Å²) >= 11 is 5.92. The van der Waals surface area contributed by atoms with Crippen molar-refractivity contribution in [1.29, 1.82) is 0 Å². The lowest BCUT2D eigenvalue weighted by Crippen LogP contribution is -2.27. The number of halogens is 1. The number of hydrogen-bond acceptors (Lipinski definition) is 5. The number of benzene rings is 2. The fourth-order valence-corrected chi connectivity index (χ4v) is 2.57. The number of anilines is 1. The lowest BCUT2D eigenvalue weighted by molar-refractivity contribution is -0.119. The van der Waals surface area contributed by atoms with Crippen molar-refractivity contribution in [3.8, 4) is 11.5 Å². The van der Waals surface area contributed by atoms with Crippen LogP contribution in [0.4, 0.5) is 5.69 Å². The molecule has 0 radical (unpaired) electrons. The van der Waals surface area contributed by atoms with Gasteiger partial charge in [-0.2, -0.15) is 5.10 Å². The Labute approximate surface area is 158 Å². The number of hydrogen-bond donors (Lipinski definition) is 2. The summed E-state index contributed by atoms with van der Waals surface area (Å²) in [6, 6.07) is 10.8. The summed E-state index contributed by atoms with van der Waals surface area (Å²) < 4.78 is 10.5. The molecule has 7 heteroatoms. The number of carbonyl (C=O) groups is 1. The molecule has 0 aliphatic heterocycles. The Hall–Kier alpha value is -2.73. The first-order valence-electron chi connectivity index (χ1n) is 8.00. The molecule has 2 aromatic rings. The first kappa shape index (κ1) is 19.6. The van der Waals surface area contributed by atoms with Gasteiger partial charge in [0.15, 0.2) is 0 Å². The second kappa shape index (κ2) is 9.10. The Kier molecular flexibility index (Phi) is 6.86. The predicted octanol–water partition coefficient (Wildman–Crippen LogP) is 3.62. The molecule has 0 atom stereocenters. The number of aryl methyl sites for hydroxylation is 1. The van der Waals surface area contributed by atoms with Crippen molar-refractivity contribution < 1.29 is 14.3 Å². The Balaban J connectivity index is 1.98. The molecule has 0 saturated heterocycles. The number of amides is 1. The summed E-state index contributed by atoms with van der Waals surface area (Å²) in [5, 5.41) is 7.86. The summed E-state index contributed by atoms with van der Waals surface area (Å²) in [5.74, 6) is 1.05. The molecule has 0 bridgehead atoms. The van der Waals surface area contributed by atoms with Crippen LogP contribution in [0.2, 0.25) is 5.02 Å². The van der Waals surface area contributed by atoms with Crippen molar-refractivity contribution in [1.82, 2.24) is 5.43 Å². The Bertz CT molecular complexity index is 822. The van der Waals surface area contributed by atoms with E-state index in [0.717, 1.165) is 16.8 Å². The largest absolute Gasteiger partial charge is 0.497 e. The van der Waals surface area contributed by atoms with Gasteiger partial charge in [-0.1, -0.05) is 11.6 Å². The molecule has 2 aromatic carbocycles. The maximum absolute atomic E-state index is 12.0. The van der Waals surface area contributed by atoms with Gasteiger partial charge in [-0.05, 0) is 49.7 Å². The summed E-state index contributed by atoms with van der Waals surface area (Å²) in [4.78, 5) is 12.0. The van der Waals surface area contributed by atoms with Crippen molar-refractivity contribution in [2.45, 2.75) is 13.8 Å². The molecular weight excluding hydrogens is 354 g/mol. The number of nitrogens with one attached hydrogen (secondary N) is 2. The molecule has 0 spiro atoms. The van der Waals surface area contributed by atoms with Crippen LogP contribution in [0.15, 0.2) is 41.5 Å². The molecule has 2 rings (SSSR count). The maximum atomic E-state index is 12.0. The highest BCUT2D eigenvalue weighted by molar-refractivity contribution is 6.30. The highest BCUT2D eigenvalue weighted by Crippen LogP contribution is 2.25. The first-order valence-corrected chi connectivity index (χ1v) is 8.38. The molecule has 0 aliphatic rings. The van der Waals surface area contributed by atoms with Gasteiger partial charge in [0.1, 0.15) is 11.5 Å². The standard InChI is InChI=1S/C19H22ClN3O3/c1-12-9-14(20)5-8-17(12)21-11-19(24)23-22-13(2)16-7-6-15(25-3)10-18(16)26-4/h5-10,21H,11H2,1-4H3,(H,23,24)/b22-13-. The third-order valence-electron chi connectivity index (χ3n) is 3.77. The fraction of sp³-hybridized carbons (Fsp3) is 0.263. The number of hydrazone groups is 1. The molecule has 26 heavy (non-hydrogen) atoms. The van der Waals surface area contributed by atoms with Crippen molar-refractivity contribution in [2.75, 3.05) is 26.1 Å². The normalized spacial score (nSPS) is 11.0. The van der Waals surface area contributed by atoms with Gasteiger partial charge in [0.25, 0.3) is 5.91 Å². The van der Waals surface area contributed by atoms with Gasteiger partial charge in [-0.15, -0.1) is 0 Å². The van der Waals surface area contributed by atoms with Crippen LogP contribution in [0.5, 0.6) is 11.5 Å². The van der Waals surface area contributed by atoms with E-state index in [9.17, 15) is 4.79 Å². The second-order valence-corrected chi connectivity index (χ2v) is 6.05. The lowest BCUT2D eigenvalue weighted by Gasteiger charge is -2.11. The van der Waals surface area contributed by atoms with Gasteiger partial charge in [0.05, 0.1) is 26.5 Å². The zero-order valence-electron chi connectivity index (χ0n) is 15.2. The third-order valence-corrected chi connectivity index (χ3v) is 4.01. The smallest absolute Gasteiger partial charge is 0.259 e. The van der Waals surface area contributed by atoms with E-state index in [1.54, 1.807) is 33.3 Å². The summed E-state index contributed by atoms with van der Waals surface area (Å²) in [5.41, 5.74) is 5.75. The number of nitrogens with zero attached hydrogens (tertiary/aromatic N) is 1. The van der Waals surface area contributed by atoms with Crippen LogP contribution < -0.4 is 20.2 Å². The van der Waals surface area contributed by atoms with Gasteiger partial charge < -0.3 is 14.8 Å². The Morgan fingerprint density at radius 1 is 1.15 bits per heavy atom. The molecule has 2 N–H and O–H groups in total. The maximum Gasteiger partial charge on any atom is 0.259 e. The van der Waals surface area contributed by atoms with E-state index in [2.05, 4.69) is 15.8 Å². The number of methoxy groups -OCH3 is 2. The molecule has 1 amide bonds. The number of rotatable bonds is 7. The molecular formula is C19H22ClN3O3. The predicted molar refractivity (Wildman–Crippen MR) is 105 cm³/mol. The molecule has 0 heterocycles. The topological polar surface area (TPSA) is 72.0 Å². The van der Waals surface area contributed by atoms with Crippen molar-refractivity contribution >= 4 is 28.9 Å². The molecule has 6 nitrogen and oxygen atoms in total. The minimum atomic E-state index is -0.258. The van der Waals surface area contributed by atoms with E-state index < -0.39 is 0 Å². The zero-order chi connectivity index (χ0) is 19.1. The molecule has 0 aliphatic carbocycles. The quantitative estimate of drug-likeness (QED) is 0.572. The molecule has 0 unspecified atom stereocenters. The second-order valence-electron chi connectivity index (χ2n) is 5.61. The van der Waals surface area contributed by atoms with E-state index in [1.165, 1.54) is 0 Å². The monoisotopic (exact) mass is 375 g/mol. The molecule has 138 valence electrons. The first-order chi connectivity index (χ1) is 12.4. The highest BCUT2D eigenvalue weighted by Gasteiger charge is 2.09. The van der Waals surface area contributed by atoms with Gasteiger partial charge >= 0.3 is 0 Å². The van der Waals surface area contributed by atoms with Crippen LogP contribution in [0.25, 0.3) is 0 Å². The fourth-order valence-electron chi connectivity index (χ4n) is 2.34. The Morgan fingerprint density at radius 3 is 2.58 bits per heavy atom. The Morgan fingerprint density at radius 2 is 1.92 bits per heavy atom. The van der Waals surface area contributed by atoms with Gasteiger partial charge in [0, 0.05) is 22.3 Å². The van der Waals surface area contributed by atoms with Crippen molar-refractivity contribution in [3.05, 3.63) is 52.5 Å². The van der Waals surface area contributed by atoms with Crippen LogP contribution in [-0.4, -0.2) is 32.4 Å². The molecule has 0 saturated carbocycles. The van der Waals surface area contributed by atoms with Crippen molar-refractivity contribution in [3.63, 3.8) is 0 Å². The SMILES string of the molecule is COc1ccc(/C(C)=N\NC(=O)CNc2ccc(Cl)cc2C)c(OC)c1. The highest BCUT2D eigenvalue weighted by atomic mass is 35.5. The molecule has 0 fully saturated rings. The number of ether oxygens (including phenoxy) is 2. The van der Waals surface area contributed by atoms with E-state index in [-0.39, 0.29) is 12.5 Å². The minimum Gasteiger partial charge on any atom is -0.497 e. The van der Waals surface area contributed by atoms with Crippen molar-refractivity contribution in [2.24, 2.45) is 5.10 Å². The van der Waals surface area contributed by atoms with Gasteiger partial charge in [-0.25, -0.2) is 5.43 Å². The van der Waals surface area contributed by atoms with Crippen LogP contribution in [0, 0.1) is 6.92 Å². The third kappa shape index (κ3) is 5.13. The van der Waals surface area contributed by atoms with Crippen LogP contribution in [-0.2, 0) is 4.79 Å². The number of carbonyl (C=O) groups excluding carboxylic acids is 1. The minimum absolute atomic E-state index is 0.0962. The van der Waals surface area contributed by atoms with E-state index in [4.69, 9.17) is 21.1 Å². The summed E-state index contributed by atoms with van der Waals surface area (Å²) in [6.45, 7) is 3.81. The zero-order valence-corrected chi connectivity index (χ0v) is 16.0. The lowest BCUT2D eigenvalue weighted by atomic mass is 10.1. The van der Waals surface area contributed by atoms with E-state index in [1.807, 2.05) is 31.2 Å². The summed E-state index contributed by atoms with van der Waals surface area (Å²) in [6.07, 6.45) is 0. The molecule has 0 aromatic heterocycles. The average molecular weight is 376 g/mol. The average Bonchev–Trinajstić information content (AvgIpc) is 2.64. The van der Waals surface area contributed by atoms with Gasteiger partial charge in [0.2, 0.25) is 0 Å². The van der Waals surface area contributed by atoms with E-state index in [0.29, 0.717) is 22.2 Å². The van der Waals surface area contributed by atoms with Crippen LogP contribution in [0.3, 0.4) is 0 Å². The van der Waals surface area contributed by atoms with E-state index >= 15 is 0 Å². The summed E-state index contributed by atoms with van der Waals surface area (Å²) in [7, 11) is 3.16.